The topological polar surface area (TPSA) is 68.3 Å². The number of hydrogen-bond donors (Lipinski definition) is 0. The molecule has 118 valence electrons. The maximum absolute atomic E-state index is 14.3. The van der Waals surface area contributed by atoms with Gasteiger partial charge in [0.15, 0.2) is 0 Å². The zero-order valence-electron chi connectivity index (χ0n) is 12.6. The van der Waals surface area contributed by atoms with Crippen LogP contribution in [0, 0.1) is 12.7 Å². The predicted octanol–water partition coefficient (Wildman–Crippen LogP) is 3.97. The van der Waals surface area contributed by atoms with Crippen LogP contribution in [0.25, 0.3) is 11.4 Å². The Balaban J connectivity index is 2.02. The fourth-order valence-corrected chi connectivity index (χ4v) is 3.34. The normalized spacial score (nSPS) is 13.5. The fraction of sp³-hybridized carbons (Fsp3) is 0.125. The van der Waals surface area contributed by atoms with E-state index in [9.17, 15) is 8.60 Å². The van der Waals surface area contributed by atoms with Crippen molar-refractivity contribution in [3.05, 3.63) is 60.2 Å². The first-order valence-electron chi connectivity index (χ1n) is 6.83. The minimum absolute atomic E-state index is 0.0327. The molecule has 0 aliphatic carbocycles. The van der Waals surface area contributed by atoms with Gasteiger partial charge in [0, 0.05) is 23.6 Å². The number of aromatic nitrogens is 2. The molecule has 0 aliphatic heterocycles. The van der Waals surface area contributed by atoms with E-state index in [0.29, 0.717) is 22.2 Å². The van der Waals surface area contributed by atoms with Crippen molar-refractivity contribution in [3.63, 3.8) is 0 Å². The van der Waals surface area contributed by atoms with Gasteiger partial charge in [0.25, 0.3) is 0 Å². The second-order valence-electron chi connectivity index (χ2n) is 5.01. The molecule has 2 aromatic carbocycles. The molecule has 0 aliphatic rings. The maximum Gasteiger partial charge on any atom is 0.223 e. The highest BCUT2D eigenvalue weighted by atomic mass is 32.2. The first-order chi connectivity index (χ1) is 11.0. The monoisotopic (exact) mass is 331 g/mol. The Morgan fingerprint density at radius 1 is 1.17 bits per heavy atom. The molecule has 7 heteroatoms. The lowest BCUT2D eigenvalue weighted by Gasteiger charge is -2.05. The van der Waals surface area contributed by atoms with Gasteiger partial charge in [0.2, 0.25) is 11.7 Å². The molecule has 1 atom stereocenters. The van der Waals surface area contributed by atoms with E-state index in [0.717, 1.165) is 0 Å². The van der Waals surface area contributed by atoms with Crippen molar-refractivity contribution in [2.45, 2.75) is 11.8 Å². The van der Waals surface area contributed by atoms with Crippen LogP contribution in [-0.4, -0.2) is 20.6 Å². The fourth-order valence-electron chi connectivity index (χ4n) is 2.05. The van der Waals surface area contributed by atoms with Crippen molar-refractivity contribution >= 4 is 15.4 Å². The standard InChI is InChI=1S/C16H14FN3O2S/c1-11-18-16(19-22-11)12-8-9-15(14(17)10-12)20-23(2,21)13-6-4-3-5-7-13/h3-10H,1-2H3. The molecule has 23 heavy (non-hydrogen) atoms. The van der Waals surface area contributed by atoms with Gasteiger partial charge in [-0.25, -0.2) is 8.60 Å². The third kappa shape index (κ3) is 3.29. The number of hydrogen-bond acceptors (Lipinski definition) is 5. The lowest BCUT2D eigenvalue weighted by atomic mass is 10.2. The molecular weight excluding hydrogens is 317 g/mol. The minimum atomic E-state index is -2.72. The summed E-state index contributed by atoms with van der Waals surface area (Å²) in [4.78, 5) is 4.60. The van der Waals surface area contributed by atoms with Gasteiger partial charge in [0.05, 0.1) is 9.73 Å². The van der Waals surface area contributed by atoms with Crippen LogP contribution in [0.1, 0.15) is 5.89 Å². The molecule has 3 rings (SSSR count). The van der Waals surface area contributed by atoms with E-state index >= 15 is 0 Å². The molecule has 1 heterocycles. The number of rotatable bonds is 3. The summed E-state index contributed by atoms with van der Waals surface area (Å²) in [6.07, 6.45) is 1.48. The Hall–Kier alpha value is -2.54. The molecule has 0 bridgehead atoms. The zero-order valence-corrected chi connectivity index (χ0v) is 13.4. The quantitative estimate of drug-likeness (QED) is 0.728. The van der Waals surface area contributed by atoms with Crippen molar-refractivity contribution in [1.82, 2.24) is 10.1 Å². The van der Waals surface area contributed by atoms with Crippen molar-refractivity contribution in [3.8, 4) is 11.4 Å². The van der Waals surface area contributed by atoms with E-state index in [1.807, 2.05) is 6.07 Å². The molecule has 0 N–H and O–H groups in total. The highest BCUT2D eigenvalue weighted by Crippen LogP contribution is 2.26. The second-order valence-corrected chi connectivity index (χ2v) is 7.27. The van der Waals surface area contributed by atoms with Crippen LogP contribution in [0.2, 0.25) is 0 Å². The lowest BCUT2D eigenvalue weighted by molar-refractivity contribution is 0.394. The number of nitrogens with zero attached hydrogens (tertiary/aromatic N) is 3. The Labute approximate surface area is 133 Å². The highest BCUT2D eigenvalue weighted by molar-refractivity contribution is 7.93. The van der Waals surface area contributed by atoms with Crippen molar-refractivity contribution in [2.24, 2.45) is 4.36 Å². The van der Waals surface area contributed by atoms with Gasteiger partial charge >= 0.3 is 0 Å². The summed E-state index contributed by atoms with van der Waals surface area (Å²) in [5.74, 6) is 0.110. The molecule has 1 aromatic heterocycles. The number of benzene rings is 2. The molecule has 3 aromatic rings. The summed E-state index contributed by atoms with van der Waals surface area (Å²) in [7, 11) is -2.72. The van der Waals surface area contributed by atoms with Crippen LogP contribution in [0.15, 0.2) is 62.3 Å². The first kappa shape index (κ1) is 15.4. The average molecular weight is 331 g/mol. The maximum atomic E-state index is 14.3. The summed E-state index contributed by atoms with van der Waals surface area (Å²) >= 11 is 0. The minimum Gasteiger partial charge on any atom is -0.339 e. The van der Waals surface area contributed by atoms with Gasteiger partial charge in [0.1, 0.15) is 11.5 Å². The summed E-state index contributed by atoms with van der Waals surface area (Å²) in [6.45, 7) is 1.66. The molecule has 0 spiro atoms. The number of aryl methyl sites for hydroxylation is 1. The predicted molar refractivity (Wildman–Crippen MR) is 85.3 cm³/mol. The van der Waals surface area contributed by atoms with Crippen LogP contribution in [0.3, 0.4) is 0 Å². The molecule has 5 nitrogen and oxygen atoms in total. The van der Waals surface area contributed by atoms with Gasteiger partial charge in [-0.3, -0.25) is 0 Å². The Morgan fingerprint density at radius 2 is 1.91 bits per heavy atom. The van der Waals surface area contributed by atoms with Gasteiger partial charge in [-0.15, -0.1) is 0 Å². The molecule has 0 amide bonds. The van der Waals surface area contributed by atoms with E-state index in [1.165, 1.54) is 18.4 Å². The summed E-state index contributed by atoms with van der Waals surface area (Å²) < 4.78 is 35.9. The average Bonchev–Trinajstić information content (AvgIpc) is 2.97. The lowest BCUT2D eigenvalue weighted by Crippen LogP contribution is -1.96. The van der Waals surface area contributed by atoms with E-state index in [-0.39, 0.29) is 5.69 Å². The van der Waals surface area contributed by atoms with Crippen molar-refractivity contribution in [1.29, 1.82) is 0 Å². The third-order valence-electron chi connectivity index (χ3n) is 3.19. The van der Waals surface area contributed by atoms with Gasteiger partial charge < -0.3 is 4.52 Å². The van der Waals surface area contributed by atoms with Gasteiger partial charge in [-0.1, -0.05) is 23.4 Å². The van der Waals surface area contributed by atoms with E-state index < -0.39 is 15.5 Å². The molecule has 0 saturated heterocycles. The molecular formula is C16H14FN3O2S. The second kappa shape index (κ2) is 5.92. The molecule has 1 unspecified atom stereocenters. The Bertz CT molecular complexity index is 960. The van der Waals surface area contributed by atoms with Crippen LogP contribution in [-0.2, 0) is 9.73 Å². The Kier molecular flexibility index (Phi) is 3.96. The smallest absolute Gasteiger partial charge is 0.223 e. The highest BCUT2D eigenvalue weighted by Gasteiger charge is 2.12. The molecule has 0 radical (unpaired) electrons. The first-order valence-corrected chi connectivity index (χ1v) is 8.75. The summed E-state index contributed by atoms with van der Waals surface area (Å²) in [6, 6.07) is 13.1. The Morgan fingerprint density at radius 3 is 2.52 bits per heavy atom. The van der Waals surface area contributed by atoms with E-state index in [2.05, 4.69) is 14.5 Å². The van der Waals surface area contributed by atoms with Crippen LogP contribution >= 0.6 is 0 Å². The van der Waals surface area contributed by atoms with Crippen LogP contribution in [0.5, 0.6) is 0 Å². The van der Waals surface area contributed by atoms with Crippen LogP contribution in [0.4, 0.5) is 10.1 Å². The number of halogens is 1. The van der Waals surface area contributed by atoms with E-state index in [1.54, 1.807) is 37.3 Å². The van der Waals surface area contributed by atoms with Crippen molar-refractivity contribution in [2.75, 3.05) is 6.26 Å². The summed E-state index contributed by atoms with van der Waals surface area (Å²) in [5.41, 5.74) is 0.505. The zero-order chi connectivity index (χ0) is 16.4. The third-order valence-corrected chi connectivity index (χ3v) is 4.88. The summed E-state index contributed by atoms with van der Waals surface area (Å²) in [5, 5.41) is 3.74. The van der Waals surface area contributed by atoms with Crippen molar-refractivity contribution < 1.29 is 13.1 Å². The van der Waals surface area contributed by atoms with Gasteiger partial charge in [-0.05, 0) is 30.3 Å². The molecule has 0 fully saturated rings. The largest absolute Gasteiger partial charge is 0.339 e. The molecule has 0 saturated carbocycles. The van der Waals surface area contributed by atoms with Gasteiger partial charge in [-0.2, -0.15) is 9.35 Å². The van der Waals surface area contributed by atoms with Crippen LogP contribution < -0.4 is 0 Å². The van der Waals surface area contributed by atoms with E-state index in [4.69, 9.17) is 4.52 Å². The SMILES string of the molecule is Cc1nc(-c2ccc(N=S(C)(=O)c3ccccc3)c(F)c2)no1.